The van der Waals surface area contributed by atoms with Crippen LogP contribution in [-0.2, 0) is 0 Å². The Morgan fingerprint density at radius 1 is 1.27 bits per heavy atom. The molecule has 200 valence electrons. The number of aromatic nitrogens is 2. The van der Waals surface area contributed by atoms with Crippen LogP contribution in [0.1, 0.15) is 64.6 Å². The van der Waals surface area contributed by atoms with Gasteiger partial charge in [0.25, 0.3) is 0 Å². The number of aliphatic hydroxyl groups is 1. The molecule has 37 heavy (non-hydrogen) atoms. The maximum Gasteiger partial charge on any atom is 0.163 e. The minimum Gasteiger partial charge on any atom is -0.491 e. The van der Waals surface area contributed by atoms with Gasteiger partial charge in [0.15, 0.2) is 5.82 Å². The zero-order valence-electron chi connectivity index (χ0n) is 22.9. The van der Waals surface area contributed by atoms with Gasteiger partial charge in [-0.15, -0.1) is 0 Å². The van der Waals surface area contributed by atoms with E-state index in [2.05, 4.69) is 17.1 Å². The summed E-state index contributed by atoms with van der Waals surface area (Å²) in [6.07, 6.45) is 3.46. The molecule has 1 spiro atoms. The maximum absolute atomic E-state index is 10.1. The highest BCUT2D eigenvalue weighted by Crippen LogP contribution is 2.50. The van der Waals surface area contributed by atoms with Gasteiger partial charge in [0.1, 0.15) is 18.2 Å². The first-order chi connectivity index (χ1) is 17.6. The quantitative estimate of drug-likeness (QED) is 0.346. The predicted molar refractivity (Wildman–Crippen MR) is 152 cm³/mol. The Morgan fingerprint density at radius 2 is 1.97 bits per heavy atom. The Kier molecular flexibility index (Phi) is 8.26. The van der Waals surface area contributed by atoms with Crippen molar-refractivity contribution in [2.24, 2.45) is 5.41 Å². The molecule has 0 amide bonds. The molecule has 1 aliphatic heterocycles. The predicted octanol–water partition coefficient (Wildman–Crippen LogP) is 5.67. The normalized spacial score (nSPS) is 17.2. The minimum absolute atomic E-state index is 0.221. The molecule has 1 aromatic carbocycles. The smallest absolute Gasteiger partial charge is 0.163 e. The Labute approximate surface area is 225 Å². The van der Waals surface area contributed by atoms with Crippen LogP contribution in [0.4, 0.5) is 5.82 Å². The summed E-state index contributed by atoms with van der Waals surface area (Å²) in [7, 11) is 2.04. The van der Waals surface area contributed by atoms with E-state index in [9.17, 15) is 5.11 Å². The van der Waals surface area contributed by atoms with E-state index in [-0.39, 0.29) is 6.61 Å². The molecule has 3 N–H and O–H groups in total. The maximum atomic E-state index is 10.1. The lowest BCUT2D eigenvalue weighted by atomic mass is 9.60. The van der Waals surface area contributed by atoms with E-state index in [4.69, 9.17) is 31.7 Å². The molecule has 1 saturated carbocycles. The summed E-state index contributed by atoms with van der Waals surface area (Å²) in [5.74, 6) is 2.03. The summed E-state index contributed by atoms with van der Waals surface area (Å²) in [6, 6.07) is 6.04. The molecule has 1 atom stereocenters. The van der Waals surface area contributed by atoms with E-state index < -0.39 is 6.10 Å². The van der Waals surface area contributed by atoms with E-state index >= 15 is 0 Å². The van der Waals surface area contributed by atoms with Crippen LogP contribution in [-0.4, -0.2) is 59.7 Å². The van der Waals surface area contributed by atoms with Gasteiger partial charge in [-0.3, -0.25) is 0 Å². The third-order valence-electron chi connectivity index (χ3n) is 7.59. The van der Waals surface area contributed by atoms with Crippen LogP contribution in [0, 0.1) is 17.7 Å². The Morgan fingerprint density at radius 3 is 2.57 bits per heavy atom. The minimum atomic E-state index is -0.513. The second-order valence-corrected chi connectivity index (χ2v) is 11.4. The highest BCUT2D eigenvalue weighted by Gasteiger charge is 2.52. The number of nitrogens with zero attached hydrogens (tertiary/aromatic N) is 3. The second-order valence-electron chi connectivity index (χ2n) is 11.0. The monoisotopic (exact) mass is 525 g/mol. The number of nitrogens with one attached hydrogen (secondary N) is 2. The highest BCUT2D eigenvalue weighted by molar-refractivity contribution is 6.33. The summed E-state index contributed by atoms with van der Waals surface area (Å²) in [5.41, 5.74) is 5.15. The molecular weight excluding hydrogens is 486 g/mol. The highest BCUT2D eigenvalue weighted by atomic mass is 35.5. The zero-order chi connectivity index (χ0) is 26.9. The zero-order valence-corrected chi connectivity index (χ0v) is 23.7. The van der Waals surface area contributed by atoms with Crippen molar-refractivity contribution < 1.29 is 9.84 Å². The first-order valence-electron chi connectivity index (χ1n) is 13.2. The van der Waals surface area contributed by atoms with Crippen molar-refractivity contribution in [2.75, 3.05) is 31.6 Å². The standard InChI is InChI=1S/C29H40ClN5O2/c1-7-8-21(36)14-37-22-9-10-24(30)23(11-22)27-33-26(25(17(2)3)19(5)31)18(4)28(34-27)35-15-29(16-35)12-20(13-29)32-6/h9-11,20-21,31-32,36H,7-8,12-16H2,1-6H3/t21-/m1/s1. The van der Waals surface area contributed by atoms with Gasteiger partial charge < -0.3 is 25.5 Å². The summed E-state index contributed by atoms with van der Waals surface area (Å²) in [6.45, 7) is 12.1. The molecule has 0 radical (unpaired) electrons. The summed E-state index contributed by atoms with van der Waals surface area (Å²) in [4.78, 5) is 12.3. The van der Waals surface area contributed by atoms with Gasteiger partial charge in [-0.1, -0.05) is 30.5 Å². The molecular formula is C29H40ClN5O2. The van der Waals surface area contributed by atoms with E-state index in [0.29, 0.717) is 45.7 Å². The fourth-order valence-corrected chi connectivity index (χ4v) is 5.90. The van der Waals surface area contributed by atoms with Crippen LogP contribution in [0.15, 0.2) is 23.8 Å². The summed E-state index contributed by atoms with van der Waals surface area (Å²) in [5, 5.41) is 22.5. The fraction of sp³-hybridized carbons (Fsp3) is 0.552. The van der Waals surface area contributed by atoms with Crippen LogP contribution >= 0.6 is 11.6 Å². The van der Waals surface area contributed by atoms with Crippen LogP contribution in [0.5, 0.6) is 5.75 Å². The van der Waals surface area contributed by atoms with E-state index in [0.717, 1.165) is 47.7 Å². The van der Waals surface area contributed by atoms with Crippen LogP contribution in [0.3, 0.4) is 0 Å². The fourth-order valence-electron chi connectivity index (χ4n) is 5.70. The number of anilines is 1. The average molecular weight is 526 g/mol. The molecule has 2 aliphatic rings. The molecule has 0 bridgehead atoms. The van der Waals surface area contributed by atoms with Gasteiger partial charge >= 0.3 is 0 Å². The number of hydrogen-bond donors (Lipinski definition) is 3. The Balaban J connectivity index is 1.73. The molecule has 1 aliphatic carbocycles. The summed E-state index contributed by atoms with van der Waals surface area (Å²) < 4.78 is 5.87. The SMILES string of the molecule is CCC[C@@H](O)COc1ccc(Cl)c(-c2nc(C(C(C)=N)=C(C)C)c(C)c(N3CC4(CC(NC)C4)C3)n2)c1. The summed E-state index contributed by atoms with van der Waals surface area (Å²) >= 11 is 6.67. The molecule has 2 fully saturated rings. The van der Waals surface area contributed by atoms with Crippen LogP contribution < -0.4 is 15.0 Å². The number of hydrogen-bond acceptors (Lipinski definition) is 7. The number of aliphatic hydroxyl groups excluding tert-OH is 1. The topological polar surface area (TPSA) is 94.4 Å². The number of allylic oxidation sites excluding steroid dienone is 2. The van der Waals surface area contributed by atoms with Crippen molar-refractivity contribution in [1.29, 1.82) is 5.41 Å². The van der Waals surface area contributed by atoms with Crippen LogP contribution in [0.25, 0.3) is 17.0 Å². The molecule has 8 heteroatoms. The van der Waals surface area contributed by atoms with E-state index in [1.54, 1.807) is 19.1 Å². The average Bonchev–Trinajstić information content (AvgIpc) is 2.78. The number of halogens is 1. The van der Waals surface area contributed by atoms with Crippen molar-refractivity contribution in [1.82, 2.24) is 15.3 Å². The molecule has 0 unspecified atom stereocenters. The first kappa shape index (κ1) is 27.6. The van der Waals surface area contributed by atoms with Gasteiger partial charge in [0.2, 0.25) is 0 Å². The third kappa shape index (κ3) is 5.69. The lowest BCUT2D eigenvalue weighted by Crippen LogP contribution is -2.66. The largest absolute Gasteiger partial charge is 0.491 e. The van der Waals surface area contributed by atoms with Gasteiger partial charge in [-0.2, -0.15) is 0 Å². The molecule has 7 nitrogen and oxygen atoms in total. The second kappa shape index (κ2) is 11.1. The lowest BCUT2D eigenvalue weighted by Gasteiger charge is -2.59. The number of rotatable bonds is 10. The number of ether oxygens (including phenoxy) is 1. The van der Waals surface area contributed by atoms with Gasteiger partial charge in [-0.05, 0) is 72.2 Å². The van der Waals surface area contributed by atoms with Crippen LogP contribution in [0.2, 0.25) is 5.02 Å². The van der Waals surface area contributed by atoms with Gasteiger partial charge in [0.05, 0.1) is 16.8 Å². The Bertz CT molecular complexity index is 1190. The first-order valence-corrected chi connectivity index (χ1v) is 13.6. The van der Waals surface area contributed by atoms with Crippen molar-refractivity contribution >= 4 is 28.7 Å². The van der Waals surface area contributed by atoms with Crippen molar-refractivity contribution in [3.05, 3.63) is 40.1 Å². The van der Waals surface area contributed by atoms with E-state index in [1.165, 1.54) is 12.8 Å². The number of benzene rings is 1. The molecule has 2 aromatic rings. The van der Waals surface area contributed by atoms with Gasteiger partial charge in [0, 0.05) is 47.0 Å². The molecule has 2 heterocycles. The van der Waals surface area contributed by atoms with Gasteiger partial charge in [-0.25, -0.2) is 9.97 Å². The lowest BCUT2D eigenvalue weighted by molar-refractivity contribution is 0.0515. The third-order valence-corrected chi connectivity index (χ3v) is 7.92. The molecule has 1 saturated heterocycles. The van der Waals surface area contributed by atoms with Crippen molar-refractivity contribution in [3.8, 4) is 17.1 Å². The molecule has 4 rings (SSSR count). The molecule has 1 aromatic heterocycles. The Hall–Kier alpha value is -2.48. The van der Waals surface area contributed by atoms with Crippen molar-refractivity contribution in [2.45, 2.75) is 72.4 Å². The van der Waals surface area contributed by atoms with E-state index in [1.807, 2.05) is 33.9 Å². The van der Waals surface area contributed by atoms with Crippen molar-refractivity contribution in [3.63, 3.8) is 0 Å².